The van der Waals surface area contributed by atoms with Gasteiger partial charge in [-0.1, -0.05) is 11.6 Å². The molecular formula is C22H12Br2ClF2NO5S. The molecule has 0 aliphatic rings. The van der Waals surface area contributed by atoms with Crippen LogP contribution in [0.2, 0.25) is 5.02 Å². The summed E-state index contributed by atoms with van der Waals surface area (Å²) in [6, 6.07) is 12.3. The molecule has 0 aliphatic heterocycles. The first-order chi connectivity index (χ1) is 15.9. The summed E-state index contributed by atoms with van der Waals surface area (Å²) in [5.41, 5.74) is -0.210. The van der Waals surface area contributed by atoms with Gasteiger partial charge in [-0.2, -0.15) is 8.78 Å². The number of hydrogen-bond donors (Lipinski definition) is 2. The van der Waals surface area contributed by atoms with Gasteiger partial charge in [-0.3, -0.25) is 0 Å². The van der Waals surface area contributed by atoms with E-state index in [2.05, 4.69) is 36.8 Å². The normalized spacial score (nSPS) is 12.1. The van der Waals surface area contributed by atoms with Gasteiger partial charge in [0, 0.05) is 27.7 Å². The van der Waals surface area contributed by atoms with Crippen molar-refractivity contribution in [2.24, 2.45) is 0 Å². The molecule has 4 rings (SSSR count). The number of rotatable bonds is 6. The molecule has 4 aromatic rings. The van der Waals surface area contributed by atoms with E-state index in [-0.39, 0.29) is 30.2 Å². The molecule has 3 aromatic carbocycles. The van der Waals surface area contributed by atoms with Crippen LogP contribution in [0.3, 0.4) is 0 Å². The van der Waals surface area contributed by atoms with Crippen LogP contribution in [-0.2, 0) is 20.6 Å². The minimum Gasteiger partial charge on any atom is -0.477 e. The van der Waals surface area contributed by atoms with Crippen LogP contribution in [0.25, 0.3) is 10.9 Å². The number of aliphatic carboxylic acids is 1. The monoisotopic (exact) mass is 633 g/mol. The Kier molecular flexibility index (Phi) is 6.49. The number of benzene rings is 3. The maximum Gasteiger partial charge on any atom is 0.379 e. The van der Waals surface area contributed by atoms with Gasteiger partial charge in [0.25, 0.3) is 0 Å². The first-order valence-corrected chi connectivity index (χ1v) is 12.8. The van der Waals surface area contributed by atoms with E-state index in [1.807, 2.05) is 0 Å². The number of nitrogens with one attached hydrogen (secondary N) is 1. The summed E-state index contributed by atoms with van der Waals surface area (Å²) in [6.45, 7) is 0. The Bertz CT molecular complexity index is 1520. The van der Waals surface area contributed by atoms with Gasteiger partial charge in [0.05, 0.1) is 18.7 Å². The summed E-state index contributed by atoms with van der Waals surface area (Å²) < 4.78 is 60.1. The molecule has 1 heterocycles. The van der Waals surface area contributed by atoms with Crippen LogP contribution in [-0.4, -0.2) is 24.5 Å². The minimum absolute atomic E-state index is 0.0184. The molecule has 0 fully saturated rings. The average molecular weight is 636 g/mol. The molecule has 6 nitrogen and oxygen atoms in total. The van der Waals surface area contributed by atoms with Gasteiger partial charge in [-0.15, -0.1) is 0 Å². The van der Waals surface area contributed by atoms with Gasteiger partial charge in [0.1, 0.15) is 5.75 Å². The first-order valence-electron chi connectivity index (χ1n) is 9.31. The Morgan fingerprint density at radius 2 is 1.65 bits per heavy atom. The number of sulfone groups is 1. The van der Waals surface area contributed by atoms with Crippen molar-refractivity contribution in [3.05, 3.63) is 80.3 Å². The van der Waals surface area contributed by atoms with Crippen LogP contribution in [0.4, 0.5) is 8.78 Å². The van der Waals surface area contributed by atoms with Gasteiger partial charge < -0.3 is 14.8 Å². The van der Waals surface area contributed by atoms with Gasteiger partial charge in [-0.05, 0) is 86.5 Å². The molecular weight excluding hydrogens is 624 g/mol. The van der Waals surface area contributed by atoms with E-state index >= 15 is 0 Å². The van der Waals surface area contributed by atoms with Crippen LogP contribution in [0.5, 0.6) is 11.5 Å². The smallest absolute Gasteiger partial charge is 0.379 e. The topological polar surface area (TPSA) is 96.5 Å². The Labute approximate surface area is 213 Å². The highest BCUT2D eigenvalue weighted by Gasteiger charge is 2.41. The number of carbonyl (C=O) groups is 1. The lowest BCUT2D eigenvalue weighted by atomic mass is 10.1. The molecule has 1 aromatic heterocycles. The van der Waals surface area contributed by atoms with E-state index in [0.29, 0.717) is 15.9 Å². The number of carboxylic acid groups (broad SMARTS) is 1. The van der Waals surface area contributed by atoms with Gasteiger partial charge >= 0.3 is 11.9 Å². The molecule has 0 radical (unpaired) electrons. The second-order valence-electron chi connectivity index (χ2n) is 7.07. The van der Waals surface area contributed by atoms with Gasteiger partial charge in [0.2, 0.25) is 9.84 Å². The Morgan fingerprint density at radius 1 is 1.03 bits per heavy atom. The number of halogens is 5. The van der Waals surface area contributed by atoms with Crippen LogP contribution < -0.4 is 4.74 Å². The summed E-state index contributed by atoms with van der Waals surface area (Å²) in [4.78, 5) is 13.9. The number of H-pyrrole nitrogens is 1. The number of carboxylic acids is 1. The molecule has 0 unspecified atom stereocenters. The van der Waals surface area contributed by atoms with E-state index in [0.717, 1.165) is 12.1 Å². The highest BCUT2D eigenvalue weighted by Crippen LogP contribution is 2.42. The van der Waals surface area contributed by atoms with Gasteiger partial charge in [0.15, 0.2) is 5.75 Å². The Morgan fingerprint density at radius 3 is 2.24 bits per heavy atom. The third-order valence-electron chi connectivity index (χ3n) is 4.88. The fourth-order valence-corrected chi connectivity index (χ4v) is 6.08. The summed E-state index contributed by atoms with van der Waals surface area (Å²) in [7, 11) is -3.88. The summed E-state index contributed by atoms with van der Waals surface area (Å²) in [5, 5.41) is 9.53. The molecule has 0 bridgehead atoms. The molecule has 2 N–H and O–H groups in total. The van der Waals surface area contributed by atoms with Crippen molar-refractivity contribution < 1.29 is 31.8 Å². The highest BCUT2D eigenvalue weighted by atomic mass is 79.9. The fourth-order valence-electron chi connectivity index (χ4n) is 3.18. The summed E-state index contributed by atoms with van der Waals surface area (Å²) >= 11 is 12.1. The number of ether oxygens (including phenoxy) is 1. The van der Waals surface area contributed by atoms with E-state index < -0.39 is 27.3 Å². The van der Waals surface area contributed by atoms with Crippen LogP contribution in [0.1, 0.15) is 5.56 Å². The van der Waals surface area contributed by atoms with E-state index in [4.69, 9.17) is 21.4 Å². The zero-order chi connectivity index (χ0) is 24.8. The lowest BCUT2D eigenvalue weighted by molar-refractivity contribution is -0.166. The molecule has 34 heavy (non-hydrogen) atoms. The summed E-state index contributed by atoms with van der Waals surface area (Å²) in [6.07, 6.45) is 1.37. The maximum atomic E-state index is 13.9. The second kappa shape index (κ2) is 8.95. The fraction of sp³-hybridized carbons (Fsp3) is 0.0455. The largest absolute Gasteiger partial charge is 0.477 e. The lowest BCUT2D eigenvalue weighted by Crippen LogP contribution is -2.25. The number of aromatic nitrogens is 1. The first kappa shape index (κ1) is 24.6. The quantitative estimate of drug-likeness (QED) is 0.235. The third-order valence-corrected chi connectivity index (χ3v) is 8.12. The molecule has 0 spiro atoms. The number of hydrogen-bond acceptors (Lipinski definition) is 4. The van der Waals surface area contributed by atoms with Gasteiger partial charge in [-0.25, -0.2) is 13.2 Å². The van der Waals surface area contributed by atoms with E-state index in [9.17, 15) is 22.0 Å². The molecule has 12 heteroatoms. The number of fused-ring (bicyclic) bond motifs is 1. The Hall–Kier alpha value is -2.47. The SMILES string of the molecule is O=C(O)C(F)(F)c1cc(Br)c(Oc2ccc3[nH]cc(S(=O)(=O)c4ccc(Cl)cc4)c3c2)c(Br)c1. The molecule has 0 saturated carbocycles. The highest BCUT2D eigenvalue weighted by molar-refractivity contribution is 9.11. The molecule has 0 atom stereocenters. The molecule has 176 valence electrons. The zero-order valence-corrected chi connectivity index (χ0v) is 21.4. The summed E-state index contributed by atoms with van der Waals surface area (Å²) in [5.74, 6) is -6.06. The predicted octanol–water partition coefficient (Wildman–Crippen LogP) is 7.15. The van der Waals surface area contributed by atoms with Crippen molar-refractivity contribution >= 4 is 70.2 Å². The minimum atomic E-state index is -4.10. The zero-order valence-electron chi connectivity index (χ0n) is 16.7. The second-order valence-corrected chi connectivity index (χ2v) is 11.1. The average Bonchev–Trinajstić information content (AvgIpc) is 3.20. The van der Waals surface area contributed by atoms with Crippen LogP contribution >= 0.6 is 43.5 Å². The van der Waals surface area contributed by atoms with Crippen molar-refractivity contribution in [1.82, 2.24) is 4.98 Å². The van der Waals surface area contributed by atoms with E-state index in [1.54, 1.807) is 12.1 Å². The van der Waals surface area contributed by atoms with Crippen LogP contribution in [0.15, 0.2) is 79.5 Å². The van der Waals surface area contributed by atoms with Crippen molar-refractivity contribution in [1.29, 1.82) is 0 Å². The Balaban J connectivity index is 1.74. The molecule has 0 saturated heterocycles. The molecule has 0 aliphatic carbocycles. The van der Waals surface area contributed by atoms with E-state index in [1.165, 1.54) is 36.5 Å². The number of aromatic amines is 1. The third kappa shape index (κ3) is 4.45. The van der Waals surface area contributed by atoms with Crippen molar-refractivity contribution in [3.8, 4) is 11.5 Å². The molecule has 0 amide bonds. The van der Waals surface area contributed by atoms with Crippen LogP contribution in [0, 0.1) is 0 Å². The number of alkyl halides is 2. The lowest BCUT2D eigenvalue weighted by Gasteiger charge is -2.16. The van der Waals surface area contributed by atoms with Crippen molar-refractivity contribution in [2.45, 2.75) is 15.7 Å². The standard InChI is InChI=1S/C22H12Br2ClF2NO5S/c23-16-7-11(22(26,27)21(29)30)8-17(24)20(16)33-13-3-6-18-15(9-13)19(10-28-18)34(31,32)14-4-1-12(25)2-5-14/h1-10,28H,(H,29,30). The van der Waals surface area contributed by atoms with Crippen molar-refractivity contribution in [2.75, 3.05) is 0 Å². The van der Waals surface area contributed by atoms with Crippen molar-refractivity contribution in [3.63, 3.8) is 0 Å². The predicted molar refractivity (Wildman–Crippen MR) is 129 cm³/mol. The maximum absolute atomic E-state index is 13.9.